The largest absolute Gasteiger partial charge is 0.353 e. The Kier molecular flexibility index (Phi) is 6.74. The lowest BCUT2D eigenvalue weighted by molar-refractivity contribution is -0.122. The normalized spacial score (nSPS) is 10.6. The second kappa shape index (κ2) is 9.64. The van der Waals surface area contributed by atoms with Crippen LogP contribution in [0.3, 0.4) is 0 Å². The van der Waals surface area contributed by atoms with Gasteiger partial charge in [0.1, 0.15) is 5.82 Å². The molecule has 1 N–H and O–H groups in total. The van der Waals surface area contributed by atoms with Crippen LogP contribution in [-0.2, 0) is 9.59 Å². The molecule has 3 aromatic carbocycles. The van der Waals surface area contributed by atoms with Gasteiger partial charge in [0.25, 0.3) is 0 Å². The van der Waals surface area contributed by atoms with Crippen molar-refractivity contribution >= 4 is 17.5 Å². The van der Waals surface area contributed by atoms with Crippen molar-refractivity contribution in [1.29, 1.82) is 0 Å². The van der Waals surface area contributed by atoms with Crippen LogP contribution in [0.15, 0.2) is 84.9 Å². The third-order valence-electron chi connectivity index (χ3n) is 4.69. The smallest absolute Gasteiger partial charge is 0.232 e. The Morgan fingerprint density at radius 1 is 0.862 bits per heavy atom. The lowest BCUT2D eigenvalue weighted by Gasteiger charge is -2.23. The van der Waals surface area contributed by atoms with Crippen molar-refractivity contribution in [3.63, 3.8) is 0 Å². The minimum atomic E-state index is -0.472. The molecule has 0 saturated heterocycles. The predicted molar refractivity (Wildman–Crippen MR) is 112 cm³/mol. The quantitative estimate of drug-likeness (QED) is 0.660. The van der Waals surface area contributed by atoms with Crippen LogP contribution in [0.1, 0.15) is 24.0 Å². The molecule has 4 nitrogen and oxygen atoms in total. The first-order valence-corrected chi connectivity index (χ1v) is 9.48. The highest BCUT2D eigenvalue weighted by Gasteiger charge is 2.23. The van der Waals surface area contributed by atoms with Crippen molar-refractivity contribution in [3.05, 3.63) is 102 Å². The molecule has 0 unspecified atom stereocenters. The van der Waals surface area contributed by atoms with Crippen LogP contribution in [0.5, 0.6) is 0 Å². The monoisotopic (exact) mass is 390 g/mol. The molecule has 29 heavy (non-hydrogen) atoms. The van der Waals surface area contributed by atoms with E-state index in [0.29, 0.717) is 0 Å². The molecule has 0 bridgehead atoms. The number of benzene rings is 3. The molecule has 0 radical (unpaired) electrons. The highest BCUT2D eigenvalue weighted by molar-refractivity contribution is 5.92. The van der Waals surface area contributed by atoms with E-state index in [1.807, 2.05) is 60.7 Å². The van der Waals surface area contributed by atoms with E-state index < -0.39 is 11.7 Å². The summed E-state index contributed by atoms with van der Waals surface area (Å²) in [5, 5.41) is 2.90. The Hall–Kier alpha value is -3.47. The zero-order chi connectivity index (χ0) is 20.6. The molecule has 0 aromatic heterocycles. The Labute approximate surface area is 170 Å². The lowest BCUT2D eigenvalue weighted by atomic mass is 9.90. The summed E-state index contributed by atoms with van der Waals surface area (Å²) in [5.74, 6) is -1.39. The summed E-state index contributed by atoms with van der Waals surface area (Å²) in [4.78, 5) is 26.3. The highest BCUT2D eigenvalue weighted by atomic mass is 19.1. The van der Waals surface area contributed by atoms with E-state index in [9.17, 15) is 14.0 Å². The first kappa shape index (κ1) is 20.3. The van der Waals surface area contributed by atoms with Gasteiger partial charge in [-0.15, -0.1) is 0 Å². The maximum atomic E-state index is 14.1. The van der Waals surface area contributed by atoms with Crippen LogP contribution in [0.2, 0.25) is 0 Å². The summed E-state index contributed by atoms with van der Waals surface area (Å²) in [5.41, 5.74) is 1.97. The topological polar surface area (TPSA) is 49.4 Å². The number of hydrogen-bond donors (Lipinski definition) is 1. The van der Waals surface area contributed by atoms with Gasteiger partial charge in [0.2, 0.25) is 11.8 Å². The molecule has 148 valence electrons. The van der Waals surface area contributed by atoms with Gasteiger partial charge < -0.3 is 10.2 Å². The molecule has 0 saturated carbocycles. The molecular weight excluding hydrogens is 367 g/mol. The van der Waals surface area contributed by atoms with E-state index >= 15 is 0 Å². The summed E-state index contributed by atoms with van der Waals surface area (Å²) in [7, 11) is 0. The van der Waals surface area contributed by atoms with Gasteiger partial charge in [-0.2, -0.15) is 0 Å². The van der Waals surface area contributed by atoms with Gasteiger partial charge in [0, 0.05) is 20.0 Å². The summed E-state index contributed by atoms with van der Waals surface area (Å²) in [6.07, 6.45) is 0. The molecule has 3 rings (SSSR count). The number of hydrogen-bond acceptors (Lipinski definition) is 2. The van der Waals surface area contributed by atoms with Crippen molar-refractivity contribution in [2.45, 2.75) is 12.8 Å². The van der Waals surface area contributed by atoms with Crippen LogP contribution >= 0.6 is 0 Å². The first-order chi connectivity index (χ1) is 14.1. The van der Waals surface area contributed by atoms with E-state index in [1.54, 1.807) is 18.2 Å². The van der Waals surface area contributed by atoms with Gasteiger partial charge in [-0.1, -0.05) is 72.8 Å². The highest BCUT2D eigenvalue weighted by Crippen LogP contribution is 2.25. The standard InChI is InChI=1S/C24H23FN2O2/c1-18(28)27(22-15-9-8-14-21(22)25)17-16-26-24(29)23(19-10-4-2-5-11-19)20-12-6-3-7-13-20/h2-15,23H,16-17H2,1H3,(H,26,29). The SMILES string of the molecule is CC(=O)N(CCNC(=O)C(c1ccccc1)c1ccccc1)c1ccccc1F. The molecule has 3 aromatic rings. The molecule has 0 aliphatic rings. The Bertz CT molecular complexity index is 921. The molecule has 5 heteroatoms. The zero-order valence-corrected chi connectivity index (χ0v) is 16.2. The second-order valence-corrected chi connectivity index (χ2v) is 6.67. The van der Waals surface area contributed by atoms with Crippen LogP contribution in [0.25, 0.3) is 0 Å². The minimum Gasteiger partial charge on any atom is -0.353 e. The predicted octanol–water partition coefficient (Wildman–Crippen LogP) is 4.13. The molecule has 0 spiro atoms. The van der Waals surface area contributed by atoms with Gasteiger partial charge >= 0.3 is 0 Å². The molecule has 0 atom stereocenters. The van der Waals surface area contributed by atoms with Crippen LogP contribution < -0.4 is 10.2 Å². The average Bonchev–Trinajstić information content (AvgIpc) is 2.73. The summed E-state index contributed by atoms with van der Waals surface area (Å²) < 4.78 is 14.1. The molecule has 0 heterocycles. The number of nitrogens with one attached hydrogen (secondary N) is 1. The van der Waals surface area contributed by atoms with Gasteiger partial charge in [0.15, 0.2) is 0 Å². The number of halogens is 1. The maximum Gasteiger partial charge on any atom is 0.232 e. The third kappa shape index (κ3) is 5.08. The lowest BCUT2D eigenvalue weighted by Crippen LogP contribution is -2.39. The maximum absolute atomic E-state index is 14.1. The van der Waals surface area contributed by atoms with Crippen molar-refractivity contribution in [2.75, 3.05) is 18.0 Å². The minimum absolute atomic E-state index is 0.167. The van der Waals surface area contributed by atoms with E-state index in [4.69, 9.17) is 0 Å². The number of amides is 2. The fourth-order valence-electron chi connectivity index (χ4n) is 3.30. The van der Waals surface area contributed by atoms with Crippen LogP contribution in [0.4, 0.5) is 10.1 Å². The Balaban J connectivity index is 1.73. The fourth-order valence-corrected chi connectivity index (χ4v) is 3.30. The van der Waals surface area contributed by atoms with Crippen molar-refractivity contribution < 1.29 is 14.0 Å². The third-order valence-corrected chi connectivity index (χ3v) is 4.69. The van der Waals surface area contributed by atoms with Crippen molar-refractivity contribution in [3.8, 4) is 0 Å². The van der Waals surface area contributed by atoms with E-state index in [2.05, 4.69) is 5.32 Å². The number of para-hydroxylation sites is 1. The van der Waals surface area contributed by atoms with Gasteiger partial charge in [-0.3, -0.25) is 9.59 Å². The molecule has 2 amide bonds. The molecule has 0 aliphatic carbocycles. The first-order valence-electron chi connectivity index (χ1n) is 9.48. The number of nitrogens with zero attached hydrogens (tertiary/aromatic N) is 1. The fraction of sp³-hybridized carbons (Fsp3) is 0.167. The number of carbonyl (C=O) groups is 2. The number of anilines is 1. The molecule has 0 fully saturated rings. The van der Waals surface area contributed by atoms with Crippen LogP contribution in [-0.4, -0.2) is 24.9 Å². The molecule has 0 aliphatic heterocycles. The average molecular weight is 390 g/mol. The number of carbonyl (C=O) groups excluding carboxylic acids is 2. The summed E-state index contributed by atoms with van der Waals surface area (Å²) in [6, 6.07) is 25.2. The van der Waals surface area contributed by atoms with Gasteiger partial charge in [0.05, 0.1) is 11.6 Å². The second-order valence-electron chi connectivity index (χ2n) is 6.67. The van der Waals surface area contributed by atoms with Crippen molar-refractivity contribution in [2.24, 2.45) is 0 Å². The summed E-state index contributed by atoms with van der Waals surface area (Å²) >= 11 is 0. The summed E-state index contributed by atoms with van der Waals surface area (Å²) in [6.45, 7) is 1.77. The van der Waals surface area contributed by atoms with Crippen LogP contribution in [0, 0.1) is 5.82 Å². The Morgan fingerprint density at radius 3 is 1.90 bits per heavy atom. The van der Waals surface area contributed by atoms with E-state index in [0.717, 1.165) is 11.1 Å². The van der Waals surface area contributed by atoms with Gasteiger partial charge in [-0.25, -0.2) is 4.39 Å². The Morgan fingerprint density at radius 2 is 1.38 bits per heavy atom. The number of rotatable bonds is 7. The van der Waals surface area contributed by atoms with Gasteiger partial charge in [-0.05, 0) is 23.3 Å². The zero-order valence-electron chi connectivity index (χ0n) is 16.2. The molecular formula is C24H23FN2O2. The van der Waals surface area contributed by atoms with E-state index in [-0.39, 0.29) is 30.6 Å². The van der Waals surface area contributed by atoms with E-state index in [1.165, 1.54) is 17.9 Å². The van der Waals surface area contributed by atoms with Crippen molar-refractivity contribution in [1.82, 2.24) is 5.32 Å².